The minimum atomic E-state index is -1.68. The highest BCUT2D eigenvalue weighted by atomic mass is 16.7. The predicted molar refractivity (Wildman–Crippen MR) is 100 cm³/mol. The Hall–Kier alpha value is -1.64. The van der Waals surface area contributed by atoms with Gasteiger partial charge in [0.1, 0.15) is 42.7 Å². The molecule has 2 aliphatic rings. The van der Waals surface area contributed by atoms with E-state index in [1.807, 2.05) is 0 Å². The Kier molecular flexibility index (Phi) is 9.33. The number of carbonyl (C=O) groups excluding carboxylic acids is 2. The van der Waals surface area contributed by atoms with E-state index in [2.05, 4.69) is 6.58 Å². The van der Waals surface area contributed by atoms with Gasteiger partial charge in [-0.25, -0.2) is 0 Å². The molecule has 2 saturated heterocycles. The number of esters is 2. The molecule has 0 aliphatic carbocycles. The van der Waals surface area contributed by atoms with Crippen LogP contribution in [0.25, 0.3) is 0 Å². The van der Waals surface area contributed by atoms with E-state index in [1.165, 1.54) is 6.08 Å². The average molecular weight is 450 g/mol. The summed E-state index contributed by atoms with van der Waals surface area (Å²) in [6, 6.07) is 0. The number of carbonyl (C=O) groups is 2. The molecule has 12 heteroatoms. The first kappa shape index (κ1) is 25.6. The molecular weight excluding hydrogens is 420 g/mol. The van der Waals surface area contributed by atoms with E-state index in [0.29, 0.717) is 0 Å². The third kappa shape index (κ3) is 5.99. The van der Waals surface area contributed by atoms with Gasteiger partial charge < -0.3 is 49.2 Å². The maximum absolute atomic E-state index is 11.7. The summed E-state index contributed by atoms with van der Waals surface area (Å²) in [5.74, 6) is -1.51. The van der Waals surface area contributed by atoms with Gasteiger partial charge in [-0.2, -0.15) is 0 Å². The Morgan fingerprint density at radius 2 is 1.39 bits per heavy atom. The minimum Gasteiger partial charge on any atom is -0.457 e. The van der Waals surface area contributed by atoms with Crippen LogP contribution in [0.15, 0.2) is 12.7 Å². The van der Waals surface area contributed by atoms with Crippen LogP contribution in [0.4, 0.5) is 0 Å². The van der Waals surface area contributed by atoms with E-state index in [4.69, 9.17) is 23.7 Å². The minimum absolute atomic E-state index is 0.181. The number of aliphatic hydroxyl groups excluding tert-OH is 5. The second-order valence-electron chi connectivity index (χ2n) is 7.37. The summed E-state index contributed by atoms with van der Waals surface area (Å²) in [6.45, 7) is 4.55. The van der Waals surface area contributed by atoms with Crippen LogP contribution in [0.5, 0.6) is 0 Å². The SMILES string of the molecule is C=CC[C@H]1O[C@H](CO)[C@@H](O)[C@H](O[C@H]2O[C@H](CO)[C@@H](O)[C@H](O)[C@@H]2OC(C)=O)[C@@H]1OC(C)=O. The lowest BCUT2D eigenvalue weighted by atomic mass is 9.92. The number of aliphatic hydroxyl groups is 5. The van der Waals surface area contributed by atoms with Crippen LogP contribution in [0.2, 0.25) is 0 Å². The normalized spacial score (nSPS) is 40.7. The molecule has 5 N–H and O–H groups in total. The first-order valence-electron chi connectivity index (χ1n) is 9.82. The molecule has 0 saturated carbocycles. The van der Waals surface area contributed by atoms with Crippen molar-refractivity contribution in [2.75, 3.05) is 13.2 Å². The van der Waals surface area contributed by atoms with E-state index >= 15 is 0 Å². The van der Waals surface area contributed by atoms with Crippen molar-refractivity contribution < 1.29 is 58.8 Å². The van der Waals surface area contributed by atoms with Crippen LogP contribution < -0.4 is 0 Å². The Morgan fingerprint density at radius 1 is 0.839 bits per heavy atom. The maximum atomic E-state index is 11.7. The largest absolute Gasteiger partial charge is 0.457 e. The second-order valence-corrected chi connectivity index (χ2v) is 7.37. The highest BCUT2D eigenvalue weighted by molar-refractivity contribution is 5.66. The van der Waals surface area contributed by atoms with E-state index in [9.17, 15) is 35.1 Å². The highest BCUT2D eigenvalue weighted by Gasteiger charge is 2.53. The van der Waals surface area contributed by atoms with E-state index < -0.39 is 86.4 Å². The van der Waals surface area contributed by atoms with Gasteiger partial charge in [0.2, 0.25) is 0 Å². The van der Waals surface area contributed by atoms with Crippen LogP contribution >= 0.6 is 0 Å². The average Bonchev–Trinajstić information content (AvgIpc) is 2.71. The molecule has 178 valence electrons. The van der Waals surface area contributed by atoms with Gasteiger partial charge in [0.05, 0.1) is 13.2 Å². The molecule has 0 unspecified atom stereocenters. The Bertz CT molecular complexity index is 627. The van der Waals surface area contributed by atoms with Gasteiger partial charge in [-0.1, -0.05) is 6.08 Å². The van der Waals surface area contributed by atoms with E-state index in [1.54, 1.807) is 0 Å². The summed E-state index contributed by atoms with van der Waals surface area (Å²) in [5.41, 5.74) is 0. The lowest BCUT2D eigenvalue weighted by Crippen LogP contribution is -2.65. The van der Waals surface area contributed by atoms with Gasteiger partial charge in [0.15, 0.2) is 18.5 Å². The molecule has 0 radical (unpaired) electrons. The molecule has 0 aromatic rings. The fourth-order valence-corrected chi connectivity index (χ4v) is 3.64. The van der Waals surface area contributed by atoms with E-state index in [0.717, 1.165) is 13.8 Å². The second kappa shape index (κ2) is 11.3. The number of hydrogen-bond donors (Lipinski definition) is 5. The van der Waals surface area contributed by atoms with Crippen molar-refractivity contribution in [3.63, 3.8) is 0 Å². The summed E-state index contributed by atoms with van der Waals surface area (Å²) in [6.07, 6.45) is -11.9. The van der Waals surface area contributed by atoms with Gasteiger partial charge in [0, 0.05) is 13.8 Å². The number of rotatable bonds is 8. The van der Waals surface area contributed by atoms with Crippen molar-refractivity contribution >= 4 is 11.9 Å². The quantitative estimate of drug-likeness (QED) is 0.192. The molecule has 2 heterocycles. The van der Waals surface area contributed by atoms with Crippen LogP contribution in [0.3, 0.4) is 0 Å². The van der Waals surface area contributed by atoms with Crippen LogP contribution in [-0.4, -0.2) is 112 Å². The van der Waals surface area contributed by atoms with Crippen molar-refractivity contribution in [2.45, 2.75) is 81.5 Å². The van der Waals surface area contributed by atoms with Crippen LogP contribution in [0.1, 0.15) is 20.3 Å². The first-order valence-corrected chi connectivity index (χ1v) is 9.82. The molecule has 31 heavy (non-hydrogen) atoms. The summed E-state index contributed by atoms with van der Waals surface area (Å²) in [4.78, 5) is 23.2. The predicted octanol–water partition coefficient (Wildman–Crippen LogP) is -2.63. The molecule has 2 aliphatic heterocycles. The summed E-state index contributed by atoms with van der Waals surface area (Å²) in [5, 5.41) is 50.2. The molecule has 2 rings (SSSR count). The zero-order valence-corrected chi connectivity index (χ0v) is 17.3. The molecule has 0 bridgehead atoms. The van der Waals surface area contributed by atoms with Crippen molar-refractivity contribution in [1.29, 1.82) is 0 Å². The van der Waals surface area contributed by atoms with Gasteiger partial charge in [-0.05, 0) is 6.42 Å². The van der Waals surface area contributed by atoms with Crippen LogP contribution in [-0.2, 0) is 33.3 Å². The highest BCUT2D eigenvalue weighted by Crippen LogP contribution is 2.32. The first-order chi connectivity index (χ1) is 14.6. The summed E-state index contributed by atoms with van der Waals surface area (Å²) < 4.78 is 27.2. The third-order valence-electron chi connectivity index (χ3n) is 5.06. The van der Waals surface area contributed by atoms with Gasteiger partial charge in [0.25, 0.3) is 0 Å². The third-order valence-corrected chi connectivity index (χ3v) is 5.06. The summed E-state index contributed by atoms with van der Waals surface area (Å²) >= 11 is 0. The van der Waals surface area contributed by atoms with Gasteiger partial charge >= 0.3 is 11.9 Å². The number of hydrogen-bond acceptors (Lipinski definition) is 12. The topological polar surface area (TPSA) is 181 Å². The number of ether oxygens (including phenoxy) is 5. The molecule has 12 nitrogen and oxygen atoms in total. The molecular formula is C19H30O12. The van der Waals surface area contributed by atoms with Crippen molar-refractivity contribution in [1.82, 2.24) is 0 Å². The fourth-order valence-electron chi connectivity index (χ4n) is 3.64. The molecule has 0 aromatic carbocycles. The van der Waals surface area contributed by atoms with Crippen molar-refractivity contribution in [3.05, 3.63) is 12.7 Å². The molecule has 10 atom stereocenters. The van der Waals surface area contributed by atoms with E-state index in [-0.39, 0.29) is 6.42 Å². The van der Waals surface area contributed by atoms with Crippen molar-refractivity contribution in [2.24, 2.45) is 0 Å². The van der Waals surface area contributed by atoms with Gasteiger partial charge in [-0.15, -0.1) is 6.58 Å². The molecule has 2 fully saturated rings. The summed E-state index contributed by atoms with van der Waals surface area (Å²) in [7, 11) is 0. The fraction of sp³-hybridized carbons (Fsp3) is 0.789. The Morgan fingerprint density at radius 3 is 1.90 bits per heavy atom. The Labute approximate surface area is 178 Å². The lowest BCUT2D eigenvalue weighted by molar-refractivity contribution is -0.342. The van der Waals surface area contributed by atoms with Crippen LogP contribution in [0, 0.1) is 0 Å². The molecule has 0 spiro atoms. The Balaban J connectivity index is 2.37. The lowest BCUT2D eigenvalue weighted by Gasteiger charge is -2.47. The van der Waals surface area contributed by atoms with Crippen molar-refractivity contribution in [3.8, 4) is 0 Å². The standard InChI is InChI=1S/C19H30O12/c1-4-5-10-16(27-8(2)22)17(14(25)12(7-21)29-10)31-19-18(28-9(3)23)15(26)13(24)11(6-20)30-19/h4,10-21,24-26H,1,5-7H2,2-3H3/t10-,11-,12-,13-,14-,15+,16-,17+,18+,19-/m1/s1. The molecule has 0 aromatic heterocycles. The maximum Gasteiger partial charge on any atom is 0.303 e. The smallest absolute Gasteiger partial charge is 0.303 e. The molecule has 0 amide bonds. The monoisotopic (exact) mass is 450 g/mol. The zero-order chi connectivity index (χ0) is 23.3. The van der Waals surface area contributed by atoms with Gasteiger partial charge in [-0.3, -0.25) is 9.59 Å². The zero-order valence-electron chi connectivity index (χ0n) is 17.3.